The molecule has 0 spiro atoms. The molecule has 0 aliphatic carbocycles. The van der Waals surface area contributed by atoms with Gasteiger partial charge in [-0.25, -0.2) is 8.42 Å². The summed E-state index contributed by atoms with van der Waals surface area (Å²) in [6.45, 7) is 5.33. The molecule has 6 nitrogen and oxygen atoms in total. The molecule has 3 N–H and O–H groups in total. The van der Waals surface area contributed by atoms with Crippen LogP contribution in [0.3, 0.4) is 0 Å². The molecule has 0 fully saturated rings. The summed E-state index contributed by atoms with van der Waals surface area (Å²) >= 11 is 1.13. The molecule has 0 atom stereocenters. The molecule has 0 aliphatic heterocycles. The number of anilines is 2. The molecule has 0 aromatic carbocycles. The Morgan fingerprint density at radius 3 is 2.40 bits per heavy atom. The van der Waals surface area contributed by atoms with Gasteiger partial charge in [0.05, 0.1) is 5.69 Å². The highest BCUT2D eigenvalue weighted by Gasteiger charge is 2.28. The molecule has 1 amide bonds. The predicted octanol–water partition coefficient (Wildman–Crippen LogP) is 1.33. The zero-order valence-corrected chi connectivity index (χ0v) is 13.8. The van der Waals surface area contributed by atoms with Gasteiger partial charge in [-0.1, -0.05) is 6.92 Å². The first-order valence-electron chi connectivity index (χ1n) is 6.37. The van der Waals surface area contributed by atoms with Crippen molar-refractivity contribution in [2.45, 2.75) is 25.2 Å². The van der Waals surface area contributed by atoms with Gasteiger partial charge in [-0.2, -0.15) is 0 Å². The quantitative estimate of drug-likeness (QED) is 0.825. The van der Waals surface area contributed by atoms with Crippen LogP contribution in [-0.4, -0.2) is 40.7 Å². The van der Waals surface area contributed by atoms with E-state index in [0.717, 1.165) is 24.0 Å². The number of carbonyl (C=O) groups is 1. The standard InChI is InChI=1S/C12H21N3O3S2/c1-5-7-15(6-2)12-10(20(4,17)18)8(13)9(19-12)11(16)14-3/h5-7,13H2,1-4H3,(H,14,16). The molecule has 0 radical (unpaired) electrons. The van der Waals surface area contributed by atoms with E-state index in [4.69, 9.17) is 5.73 Å². The van der Waals surface area contributed by atoms with Gasteiger partial charge in [0.1, 0.15) is 14.8 Å². The fourth-order valence-corrected chi connectivity index (χ4v) is 4.68. The maximum absolute atomic E-state index is 12.0. The zero-order valence-electron chi connectivity index (χ0n) is 12.2. The van der Waals surface area contributed by atoms with E-state index in [1.54, 1.807) is 0 Å². The van der Waals surface area contributed by atoms with Crippen molar-refractivity contribution in [1.29, 1.82) is 0 Å². The predicted molar refractivity (Wildman–Crippen MR) is 83.4 cm³/mol. The maximum atomic E-state index is 12.0. The topological polar surface area (TPSA) is 92.5 Å². The van der Waals surface area contributed by atoms with Crippen LogP contribution in [0.2, 0.25) is 0 Å². The summed E-state index contributed by atoms with van der Waals surface area (Å²) in [5.41, 5.74) is 5.94. The Labute approximate surface area is 123 Å². The fourth-order valence-electron chi connectivity index (χ4n) is 1.94. The molecule has 0 aliphatic rings. The van der Waals surface area contributed by atoms with E-state index >= 15 is 0 Å². The second kappa shape index (κ2) is 6.45. The van der Waals surface area contributed by atoms with Gasteiger partial charge in [-0.3, -0.25) is 4.79 Å². The summed E-state index contributed by atoms with van der Waals surface area (Å²) in [4.78, 5) is 14.0. The van der Waals surface area contributed by atoms with E-state index in [-0.39, 0.29) is 21.4 Å². The molecule has 0 bridgehead atoms. The normalized spacial score (nSPS) is 11.4. The minimum Gasteiger partial charge on any atom is -0.396 e. The number of nitrogens with two attached hydrogens (primary N) is 1. The van der Waals surface area contributed by atoms with Crippen LogP contribution in [0, 0.1) is 0 Å². The number of nitrogens with one attached hydrogen (secondary N) is 1. The molecule has 20 heavy (non-hydrogen) atoms. The Morgan fingerprint density at radius 2 is 2.00 bits per heavy atom. The average Bonchev–Trinajstić information content (AvgIpc) is 2.72. The molecule has 114 valence electrons. The number of nitrogens with zero attached hydrogens (tertiary/aromatic N) is 1. The molecule has 1 rings (SSSR count). The van der Waals surface area contributed by atoms with E-state index in [9.17, 15) is 13.2 Å². The van der Waals surface area contributed by atoms with Gasteiger partial charge in [0.15, 0.2) is 9.84 Å². The van der Waals surface area contributed by atoms with Gasteiger partial charge in [0.2, 0.25) is 0 Å². The lowest BCUT2D eigenvalue weighted by Gasteiger charge is -2.21. The first-order chi connectivity index (χ1) is 9.27. The van der Waals surface area contributed by atoms with Gasteiger partial charge in [-0.15, -0.1) is 11.3 Å². The minimum absolute atomic E-state index is 0.0430. The van der Waals surface area contributed by atoms with E-state index in [1.165, 1.54) is 7.05 Å². The Bertz CT molecular complexity index is 593. The van der Waals surface area contributed by atoms with E-state index in [1.807, 2.05) is 18.7 Å². The van der Waals surface area contributed by atoms with E-state index < -0.39 is 9.84 Å². The number of hydrogen-bond donors (Lipinski definition) is 2. The number of sulfone groups is 1. The molecule has 0 saturated carbocycles. The third-order valence-electron chi connectivity index (χ3n) is 2.85. The van der Waals surface area contributed by atoms with Crippen LogP contribution in [0.5, 0.6) is 0 Å². The molecular weight excluding hydrogens is 298 g/mol. The summed E-state index contributed by atoms with van der Waals surface area (Å²) in [6.07, 6.45) is 1.99. The fraction of sp³-hybridized carbons (Fsp3) is 0.583. The average molecular weight is 319 g/mol. The molecule has 8 heteroatoms. The Hall–Kier alpha value is -1.28. The highest BCUT2D eigenvalue weighted by Crippen LogP contribution is 2.41. The smallest absolute Gasteiger partial charge is 0.263 e. The minimum atomic E-state index is -3.49. The van der Waals surface area contributed by atoms with Gasteiger partial charge < -0.3 is 16.0 Å². The van der Waals surface area contributed by atoms with Crippen LogP contribution < -0.4 is 16.0 Å². The van der Waals surface area contributed by atoms with Crippen LogP contribution in [-0.2, 0) is 9.84 Å². The van der Waals surface area contributed by atoms with E-state index in [2.05, 4.69) is 5.32 Å². The lowest BCUT2D eigenvalue weighted by molar-refractivity contribution is 0.0968. The van der Waals surface area contributed by atoms with Crippen molar-refractivity contribution < 1.29 is 13.2 Å². The largest absolute Gasteiger partial charge is 0.396 e. The highest BCUT2D eigenvalue weighted by molar-refractivity contribution is 7.91. The number of rotatable bonds is 6. The Morgan fingerprint density at radius 1 is 1.40 bits per heavy atom. The van der Waals surface area contributed by atoms with Crippen LogP contribution in [0.25, 0.3) is 0 Å². The summed E-state index contributed by atoms with van der Waals surface area (Å²) < 4.78 is 24.0. The Balaban J connectivity index is 3.53. The second-order valence-electron chi connectivity index (χ2n) is 4.41. The Kier molecular flexibility index (Phi) is 5.41. The first-order valence-corrected chi connectivity index (χ1v) is 9.07. The van der Waals surface area contributed by atoms with Crippen molar-refractivity contribution >= 4 is 37.8 Å². The number of carbonyl (C=O) groups excluding carboxylic acids is 1. The monoisotopic (exact) mass is 319 g/mol. The molecule has 1 aromatic rings. The van der Waals surface area contributed by atoms with Crippen LogP contribution in [0.15, 0.2) is 4.90 Å². The van der Waals surface area contributed by atoms with Gasteiger partial charge in [0.25, 0.3) is 5.91 Å². The molecule has 0 saturated heterocycles. The number of hydrogen-bond acceptors (Lipinski definition) is 6. The number of nitrogen functional groups attached to an aromatic ring is 1. The van der Waals surface area contributed by atoms with Crippen molar-refractivity contribution in [2.75, 3.05) is 37.0 Å². The first kappa shape index (κ1) is 16.8. The van der Waals surface area contributed by atoms with Crippen LogP contribution >= 0.6 is 11.3 Å². The third kappa shape index (κ3) is 3.24. The number of thiophene rings is 1. The van der Waals surface area contributed by atoms with Gasteiger partial charge in [0, 0.05) is 26.4 Å². The van der Waals surface area contributed by atoms with Crippen molar-refractivity contribution in [2.24, 2.45) is 0 Å². The van der Waals surface area contributed by atoms with Gasteiger partial charge in [-0.05, 0) is 13.3 Å². The SMILES string of the molecule is CCCN(CC)c1sc(C(=O)NC)c(N)c1S(C)(=O)=O. The van der Waals surface area contributed by atoms with Crippen molar-refractivity contribution in [3.8, 4) is 0 Å². The van der Waals surface area contributed by atoms with Crippen LogP contribution in [0.1, 0.15) is 29.9 Å². The molecular formula is C12H21N3O3S2. The van der Waals surface area contributed by atoms with E-state index in [0.29, 0.717) is 18.1 Å². The summed E-state index contributed by atoms with van der Waals surface area (Å²) in [5.74, 6) is -0.365. The second-order valence-corrected chi connectivity index (χ2v) is 7.36. The number of amides is 1. The molecule has 1 aromatic heterocycles. The summed E-state index contributed by atoms with van der Waals surface area (Å²) in [5, 5.41) is 3.03. The third-order valence-corrected chi connectivity index (χ3v) is 5.40. The lowest BCUT2D eigenvalue weighted by Crippen LogP contribution is -2.24. The zero-order chi connectivity index (χ0) is 15.5. The molecule has 1 heterocycles. The van der Waals surface area contributed by atoms with Crippen LogP contribution in [0.4, 0.5) is 10.7 Å². The van der Waals surface area contributed by atoms with Crippen molar-refractivity contribution in [1.82, 2.24) is 5.32 Å². The lowest BCUT2D eigenvalue weighted by atomic mass is 10.3. The summed E-state index contributed by atoms with van der Waals surface area (Å²) in [7, 11) is -2.00. The van der Waals surface area contributed by atoms with Gasteiger partial charge >= 0.3 is 0 Å². The van der Waals surface area contributed by atoms with Crippen molar-refractivity contribution in [3.63, 3.8) is 0 Å². The maximum Gasteiger partial charge on any atom is 0.263 e. The van der Waals surface area contributed by atoms with Crippen molar-refractivity contribution in [3.05, 3.63) is 4.88 Å². The summed E-state index contributed by atoms with van der Waals surface area (Å²) in [6, 6.07) is 0. The highest BCUT2D eigenvalue weighted by atomic mass is 32.2. The molecule has 0 unspecified atom stereocenters.